The van der Waals surface area contributed by atoms with Crippen molar-refractivity contribution in [1.82, 2.24) is 5.32 Å². The Bertz CT molecular complexity index is 1120. The number of hydrogen-bond donors (Lipinski definition) is 2. The molecule has 0 spiro atoms. The van der Waals surface area contributed by atoms with E-state index in [0.717, 1.165) is 11.1 Å². The van der Waals surface area contributed by atoms with Gasteiger partial charge >= 0.3 is 12.1 Å². The number of rotatable bonds is 11. The Hall–Kier alpha value is -3.13. The van der Waals surface area contributed by atoms with Gasteiger partial charge in [-0.2, -0.15) is 13.2 Å². The number of halogens is 3. The monoisotopic (exact) mass is 545 g/mol. The number of benzene rings is 1. The molecule has 0 radical (unpaired) electrons. The summed E-state index contributed by atoms with van der Waals surface area (Å²) in [5, 5.41) is 11.3. The van der Waals surface area contributed by atoms with Crippen molar-refractivity contribution in [2.24, 2.45) is 5.92 Å². The zero-order valence-corrected chi connectivity index (χ0v) is 22.8. The summed E-state index contributed by atoms with van der Waals surface area (Å²) in [6.45, 7) is 6.54. The lowest BCUT2D eigenvalue weighted by molar-refractivity contribution is -0.138. The summed E-state index contributed by atoms with van der Waals surface area (Å²) >= 11 is 0. The van der Waals surface area contributed by atoms with Gasteiger partial charge in [0, 0.05) is 24.5 Å². The first-order chi connectivity index (χ1) is 18.3. The van der Waals surface area contributed by atoms with Crippen LogP contribution in [0.1, 0.15) is 70.4 Å². The van der Waals surface area contributed by atoms with Crippen molar-refractivity contribution in [1.29, 1.82) is 0 Å². The van der Waals surface area contributed by atoms with Crippen LogP contribution in [0.2, 0.25) is 0 Å². The third kappa shape index (κ3) is 9.84. The van der Waals surface area contributed by atoms with Crippen LogP contribution in [0.25, 0.3) is 5.57 Å². The number of carbonyl (C=O) groups excluding carboxylic acids is 1. The molecule has 0 saturated heterocycles. The molecule has 2 aliphatic carbocycles. The molecule has 2 aliphatic rings. The highest BCUT2D eigenvalue weighted by Gasteiger charge is 2.30. The lowest BCUT2D eigenvalue weighted by Crippen LogP contribution is -2.31. The quantitative estimate of drug-likeness (QED) is 0.317. The van der Waals surface area contributed by atoms with E-state index in [-0.39, 0.29) is 49.2 Å². The summed E-state index contributed by atoms with van der Waals surface area (Å²) < 4.78 is 44.8. The first-order valence-corrected chi connectivity index (χ1v) is 13.4. The van der Waals surface area contributed by atoms with Crippen LogP contribution in [0.3, 0.4) is 0 Å². The standard InChI is InChI=1S/C31H38F3NO4/c1-30(2,3)25-14-10-21(11-15-25)22-12-16-26(17-13-22)39-27(5-4-19-31(32,33)34)23-6-8-24(9-7-23)29(38)35-20-18-28(36)37/h6,8-16,23,26-27H,4-5,7,17-20H2,1-3H3,(H,35,38)(H,36,37). The summed E-state index contributed by atoms with van der Waals surface area (Å²) in [6.07, 6.45) is 6.57. The van der Waals surface area contributed by atoms with Crippen molar-refractivity contribution >= 4 is 17.4 Å². The van der Waals surface area contributed by atoms with E-state index in [0.29, 0.717) is 18.4 Å². The second-order valence-corrected chi connectivity index (χ2v) is 11.1. The van der Waals surface area contributed by atoms with Crippen LogP contribution in [-0.2, 0) is 19.7 Å². The van der Waals surface area contributed by atoms with E-state index in [1.54, 1.807) is 12.2 Å². The number of carboxylic acid groups (broad SMARTS) is 1. The molecule has 8 heteroatoms. The van der Waals surface area contributed by atoms with Gasteiger partial charge in [0.2, 0.25) is 0 Å². The number of alkyl halides is 3. The van der Waals surface area contributed by atoms with Crippen molar-refractivity contribution in [3.05, 3.63) is 77.4 Å². The number of carboxylic acids is 1. The van der Waals surface area contributed by atoms with Crippen LogP contribution in [0.4, 0.5) is 13.2 Å². The molecule has 212 valence electrons. The molecule has 3 unspecified atom stereocenters. The van der Waals surface area contributed by atoms with Crippen LogP contribution in [0.5, 0.6) is 0 Å². The third-order valence-corrected chi connectivity index (χ3v) is 6.94. The van der Waals surface area contributed by atoms with E-state index in [1.165, 1.54) is 5.56 Å². The third-order valence-electron chi connectivity index (χ3n) is 6.94. The summed E-state index contributed by atoms with van der Waals surface area (Å²) in [7, 11) is 0. The topological polar surface area (TPSA) is 75.6 Å². The second-order valence-electron chi connectivity index (χ2n) is 11.1. The molecule has 0 aliphatic heterocycles. The molecule has 5 nitrogen and oxygen atoms in total. The fourth-order valence-electron chi connectivity index (χ4n) is 4.66. The Morgan fingerprint density at radius 3 is 2.31 bits per heavy atom. The maximum absolute atomic E-state index is 12.8. The van der Waals surface area contributed by atoms with Gasteiger partial charge in [-0.3, -0.25) is 9.59 Å². The van der Waals surface area contributed by atoms with Crippen LogP contribution >= 0.6 is 0 Å². The maximum Gasteiger partial charge on any atom is 0.389 e. The molecule has 2 N–H and O–H groups in total. The summed E-state index contributed by atoms with van der Waals surface area (Å²) in [5.74, 6) is -1.54. The van der Waals surface area contributed by atoms with E-state index in [2.05, 4.69) is 56.4 Å². The zero-order valence-electron chi connectivity index (χ0n) is 22.8. The maximum atomic E-state index is 12.8. The molecule has 1 aromatic rings. The van der Waals surface area contributed by atoms with E-state index in [1.807, 2.05) is 18.2 Å². The van der Waals surface area contributed by atoms with Crippen molar-refractivity contribution in [3.8, 4) is 0 Å². The minimum atomic E-state index is -4.22. The molecule has 39 heavy (non-hydrogen) atoms. The van der Waals surface area contributed by atoms with Crippen LogP contribution in [-0.4, -0.2) is 41.9 Å². The molecule has 0 bridgehead atoms. The number of amides is 1. The molecule has 3 atom stereocenters. The molecule has 0 fully saturated rings. The lowest BCUT2D eigenvalue weighted by Gasteiger charge is -2.30. The molecular weight excluding hydrogens is 507 g/mol. The van der Waals surface area contributed by atoms with E-state index in [9.17, 15) is 22.8 Å². The van der Waals surface area contributed by atoms with E-state index < -0.39 is 24.7 Å². The highest BCUT2D eigenvalue weighted by molar-refractivity contribution is 5.96. The highest BCUT2D eigenvalue weighted by Crippen LogP contribution is 2.32. The second kappa shape index (κ2) is 13.3. The van der Waals surface area contributed by atoms with Gasteiger partial charge in [-0.05, 0) is 47.8 Å². The number of aliphatic carboxylic acids is 1. The minimum Gasteiger partial charge on any atom is -0.481 e. The smallest absolute Gasteiger partial charge is 0.389 e. The molecule has 0 heterocycles. The zero-order chi connectivity index (χ0) is 28.6. The first-order valence-electron chi connectivity index (χ1n) is 13.4. The van der Waals surface area contributed by atoms with E-state index in [4.69, 9.17) is 9.84 Å². The van der Waals surface area contributed by atoms with Gasteiger partial charge in [-0.25, -0.2) is 0 Å². The van der Waals surface area contributed by atoms with Crippen LogP contribution in [0, 0.1) is 5.92 Å². The van der Waals surface area contributed by atoms with Gasteiger partial charge in [0.1, 0.15) is 0 Å². The Morgan fingerprint density at radius 2 is 1.77 bits per heavy atom. The summed E-state index contributed by atoms with van der Waals surface area (Å²) in [6, 6.07) is 8.47. The van der Waals surface area contributed by atoms with Gasteiger partial charge in [-0.1, -0.05) is 81.5 Å². The number of hydrogen-bond acceptors (Lipinski definition) is 3. The average Bonchev–Trinajstić information content (AvgIpc) is 2.87. The number of nitrogens with one attached hydrogen (secondary N) is 1. The van der Waals surface area contributed by atoms with Gasteiger partial charge < -0.3 is 15.2 Å². The highest BCUT2D eigenvalue weighted by atomic mass is 19.4. The SMILES string of the molecule is CC(C)(C)c1ccc(C2=CCC(OC(CCCC(F)(F)F)C3C=CC(C(=O)NCCC(=O)O)=CC3)C=C2)cc1. The fourth-order valence-corrected chi connectivity index (χ4v) is 4.66. The Morgan fingerprint density at radius 1 is 1.05 bits per heavy atom. The van der Waals surface area contributed by atoms with Crippen molar-refractivity contribution in [3.63, 3.8) is 0 Å². The van der Waals surface area contributed by atoms with Crippen LogP contribution < -0.4 is 5.32 Å². The van der Waals surface area contributed by atoms with E-state index >= 15 is 0 Å². The minimum absolute atomic E-state index is 0.0240. The van der Waals surface area contributed by atoms with Gasteiger partial charge in [0.15, 0.2) is 0 Å². The lowest BCUT2D eigenvalue weighted by atomic mass is 9.86. The normalized spacial score (nSPS) is 20.3. The Kier molecular flexibility index (Phi) is 10.4. The predicted molar refractivity (Wildman–Crippen MR) is 146 cm³/mol. The number of carbonyl (C=O) groups is 2. The average molecular weight is 546 g/mol. The van der Waals surface area contributed by atoms with Crippen LogP contribution in [0.15, 0.2) is 66.3 Å². The Balaban J connectivity index is 1.61. The van der Waals surface area contributed by atoms with Gasteiger partial charge in [-0.15, -0.1) is 0 Å². The summed E-state index contributed by atoms with van der Waals surface area (Å²) in [4.78, 5) is 22.9. The van der Waals surface area contributed by atoms with Gasteiger partial charge in [0.25, 0.3) is 5.91 Å². The van der Waals surface area contributed by atoms with Crippen molar-refractivity contribution in [2.75, 3.05) is 6.54 Å². The number of allylic oxidation sites excluding steroid dienone is 3. The molecule has 1 amide bonds. The molecule has 3 rings (SSSR count). The fraction of sp³-hybridized carbons (Fsp3) is 0.484. The molecular formula is C31H38F3NO4. The predicted octanol–water partition coefficient (Wildman–Crippen LogP) is 6.91. The first kappa shape index (κ1) is 30.4. The molecule has 0 saturated carbocycles. The Labute approximate surface area is 228 Å². The molecule has 1 aromatic carbocycles. The number of ether oxygens (including phenoxy) is 1. The summed E-state index contributed by atoms with van der Waals surface area (Å²) in [5.41, 5.74) is 3.93. The van der Waals surface area contributed by atoms with Crippen molar-refractivity contribution < 1.29 is 32.6 Å². The van der Waals surface area contributed by atoms with Gasteiger partial charge in [0.05, 0.1) is 18.6 Å². The molecule has 0 aromatic heterocycles. The largest absolute Gasteiger partial charge is 0.481 e. The van der Waals surface area contributed by atoms with Crippen molar-refractivity contribution in [2.45, 2.75) is 83.1 Å².